The molecule has 0 amide bonds. The van der Waals surface area contributed by atoms with Gasteiger partial charge in [0.15, 0.2) is 0 Å². The number of benzene rings is 3. The number of nitrogens with zero attached hydrogens (tertiary/aromatic N) is 2. The number of hydrogen-bond donors (Lipinski definition) is 1. The Kier molecular flexibility index (Phi) is 4.67. The zero-order valence-corrected chi connectivity index (χ0v) is 15.0. The van der Waals surface area contributed by atoms with E-state index < -0.39 is 0 Å². The van der Waals surface area contributed by atoms with Crippen LogP contribution in [0.5, 0.6) is 5.75 Å². The van der Waals surface area contributed by atoms with Crippen LogP contribution in [0.1, 0.15) is 33.4 Å². The van der Waals surface area contributed by atoms with Crippen molar-refractivity contribution in [2.24, 2.45) is 10.2 Å². The second-order valence-electron chi connectivity index (χ2n) is 6.53. The van der Waals surface area contributed by atoms with E-state index >= 15 is 0 Å². The van der Waals surface area contributed by atoms with Gasteiger partial charge in [-0.15, -0.1) is 11.7 Å². The third-order valence-electron chi connectivity index (χ3n) is 4.80. The lowest BCUT2D eigenvalue weighted by molar-refractivity contribution is 0.469. The molecule has 0 saturated heterocycles. The van der Waals surface area contributed by atoms with Gasteiger partial charge in [-0.1, -0.05) is 66.7 Å². The van der Waals surface area contributed by atoms with Crippen LogP contribution in [-0.4, -0.2) is 17.0 Å². The second-order valence-corrected chi connectivity index (χ2v) is 6.53. The number of phenolic OH excluding ortho intramolecular Hbond substituents is 1. The minimum Gasteiger partial charge on any atom is -0.507 e. The monoisotopic (exact) mass is 352 g/mol. The molecule has 0 atom stereocenters. The summed E-state index contributed by atoms with van der Waals surface area (Å²) in [5.74, 6) is 0.228. The van der Waals surface area contributed by atoms with E-state index in [0.29, 0.717) is 12.0 Å². The highest BCUT2D eigenvalue weighted by molar-refractivity contribution is 6.16. The van der Waals surface area contributed by atoms with E-state index in [0.717, 1.165) is 28.8 Å². The molecule has 0 unspecified atom stereocenters. The molecular weight excluding hydrogens is 332 g/mol. The zero-order valence-electron chi connectivity index (χ0n) is 15.0. The van der Waals surface area contributed by atoms with Gasteiger partial charge in [-0.25, -0.2) is 0 Å². The van der Waals surface area contributed by atoms with Crippen molar-refractivity contribution < 1.29 is 5.11 Å². The third-order valence-corrected chi connectivity index (χ3v) is 4.80. The van der Waals surface area contributed by atoms with Crippen LogP contribution in [0.4, 0.5) is 0 Å². The van der Waals surface area contributed by atoms with Gasteiger partial charge >= 0.3 is 0 Å². The molecule has 3 aromatic carbocycles. The van der Waals surface area contributed by atoms with Crippen molar-refractivity contribution in [1.82, 2.24) is 0 Å². The van der Waals surface area contributed by atoms with Gasteiger partial charge in [0, 0.05) is 16.7 Å². The van der Waals surface area contributed by atoms with Crippen molar-refractivity contribution >= 4 is 11.9 Å². The van der Waals surface area contributed by atoms with Gasteiger partial charge in [-0.05, 0) is 35.6 Å². The average Bonchev–Trinajstić information content (AvgIpc) is 2.70. The standard InChI is InChI=1S/C24H20N2O/c1-2-8-17-11-7-12-20(24(17)27)16-25-26-23-21-13-5-3-9-18(21)15-19-10-4-6-14-22(19)23/h2-7,9-14,16,27H,1,8,15H2. The fraction of sp³-hybridized carbons (Fsp3) is 0.0833. The summed E-state index contributed by atoms with van der Waals surface area (Å²) in [6.45, 7) is 3.73. The second kappa shape index (κ2) is 7.42. The Morgan fingerprint density at radius 2 is 1.56 bits per heavy atom. The summed E-state index contributed by atoms with van der Waals surface area (Å²) < 4.78 is 0. The first kappa shape index (κ1) is 17.0. The quantitative estimate of drug-likeness (QED) is 0.317. The lowest BCUT2D eigenvalue weighted by Gasteiger charge is -2.20. The summed E-state index contributed by atoms with van der Waals surface area (Å²) in [4.78, 5) is 0. The summed E-state index contributed by atoms with van der Waals surface area (Å²) in [6.07, 6.45) is 4.89. The van der Waals surface area contributed by atoms with E-state index in [9.17, 15) is 5.11 Å². The molecule has 0 spiro atoms. The zero-order chi connectivity index (χ0) is 18.6. The van der Waals surface area contributed by atoms with Crippen LogP contribution in [0.25, 0.3) is 0 Å². The highest BCUT2D eigenvalue weighted by Gasteiger charge is 2.20. The van der Waals surface area contributed by atoms with E-state index in [-0.39, 0.29) is 5.75 Å². The molecule has 132 valence electrons. The van der Waals surface area contributed by atoms with Crippen LogP contribution in [0.2, 0.25) is 0 Å². The fourth-order valence-electron chi connectivity index (χ4n) is 3.45. The van der Waals surface area contributed by atoms with Gasteiger partial charge in [-0.3, -0.25) is 0 Å². The Morgan fingerprint density at radius 3 is 2.22 bits per heavy atom. The van der Waals surface area contributed by atoms with Crippen LogP contribution >= 0.6 is 0 Å². The highest BCUT2D eigenvalue weighted by atomic mass is 16.3. The molecule has 1 aliphatic carbocycles. The maximum absolute atomic E-state index is 10.4. The Morgan fingerprint density at radius 1 is 0.889 bits per heavy atom. The molecule has 0 heterocycles. The Labute approximate surface area is 159 Å². The molecule has 3 heteroatoms. The summed E-state index contributed by atoms with van der Waals surface area (Å²) in [7, 11) is 0. The number of aromatic hydroxyl groups is 1. The summed E-state index contributed by atoms with van der Waals surface area (Å²) in [6, 6.07) is 22.2. The predicted octanol–water partition coefficient (Wildman–Crippen LogP) is 4.90. The molecule has 0 bridgehead atoms. The van der Waals surface area contributed by atoms with Crippen molar-refractivity contribution in [3.63, 3.8) is 0 Å². The number of rotatable bonds is 4. The molecule has 0 saturated carbocycles. The molecular formula is C24H20N2O. The molecule has 0 aliphatic heterocycles. The summed E-state index contributed by atoms with van der Waals surface area (Å²) in [5, 5.41) is 19.2. The largest absolute Gasteiger partial charge is 0.507 e. The number of allylic oxidation sites excluding steroid dienone is 1. The molecule has 0 radical (unpaired) electrons. The average molecular weight is 352 g/mol. The van der Waals surface area contributed by atoms with Crippen molar-refractivity contribution in [2.75, 3.05) is 0 Å². The topological polar surface area (TPSA) is 45.0 Å². The lowest BCUT2D eigenvalue weighted by Crippen LogP contribution is -2.15. The van der Waals surface area contributed by atoms with E-state index in [1.54, 1.807) is 12.3 Å². The summed E-state index contributed by atoms with van der Waals surface area (Å²) >= 11 is 0. The normalized spacial score (nSPS) is 12.5. The van der Waals surface area contributed by atoms with Gasteiger partial charge in [0.2, 0.25) is 0 Å². The molecule has 1 aliphatic rings. The first-order valence-corrected chi connectivity index (χ1v) is 8.97. The maximum atomic E-state index is 10.4. The van der Waals surface area contributed by atoms with Gasteiger partial charge < -0.3 is 5.11 Å². The van der Waals surface area contributed by atoms with Crippen molar-refractivity contribution in [2.45, 2.75) is 12.8 Å². The first-order valence-electron chi connectivity index (χ1n) is 8.97. The first-order chi connectivity index (χ1) is 13.3. The number of phenols is 1. The van der Waals surface area contributed by atoms with E-state index in [1.807, 2.05) is 30.3 Å². The fourth-order valence-corrected chi connectivity index (χ4v) is 3.45. The number of fused-ring (bicyclic) bond motifs is 2. The van der Waals surface area contributed by atoms with Crippen LogP contribution in [0.15, 0.2) is 89.6 Å². The number of hydrogen-bond acceptors (Lipinski definition) is 3. The van der Waals surface area contributed by atoms with Crippen molar-refractivity contribution in [3.05, 3.63) is 113 Å². The van der Waals surface area contributed by atoms with E-state index in [2.05, 4.69) is 53.2 Å². The van der Waals surface area contributed by atoms with Crippen LogP contribution in [-0.2, 0) is 12.8 Å². The minimum atomic E-state index is 0.228. The molecule has 0 aromatic heterocycles. The summed E-state index contributed by atoms with van der Waals surface area (Å²) in [5.41, 5.74) is 7.06. The smallest absolute Gasteiger partial charge is 0.127 e. The minimum absolute atomic E-state index is 0.228. The van der Waals surface area contributed by atoms with E-state index in [4.69, 9.17) is 0 Å². The van der Waals surface area contributed by atoms with Gasteiger partial charge in [0.1, 0.15) is 11.5 Å². The molecule has 3 aromatic rings. The van der Waals surface area contributed by atoms with Crippen LogP contribution in [0, 0.1) is 0 Å². The maximum Gasteiger partial charge on any atom is 0.127 e. The van der Waals surface area contributed by atoms with Crippen LogP contribution in [0.3, 0.4) is 0 Å². The van der Waals surface area contributed by atoms with Crippen LogP contribution < -0.4 is 0 Å². The van der Waals surface area contributed by atoms with E-state index in [1.165, 1.54) is 11.1 Å². The third kappa shape index (κ3) is 3.32. The Balaban J connectivity index is 1.74. The SMILES string of the molecule is C=CCc1cccc(C=NN=C2c3ccccc3Cc3ccccc32)c1O. The highest BCUT2D eigenvalue weighted by Crippen LogP contribution is 2.28. The molecule has 4 rings (SSSR count). The predicted molar refractivity (Wildman–Crippen MR) is 111 cm³/mol. The Bertz CT molecular complexity index is 1020. The number of para-hydroxylation sites is 1. The van der Waals surface area contributed by atoms with Gasteiger partial charge in [-0.2, -0.15) is 5.10 Å². The molecule has 0 fully saturated rings. The lowest BCUT2D eigenvalue weighted by atomic mass is 9.85. The Hall–Kier alpha value is -3.46. The van der Waals surface area contributed by atoms with Crippen molar-refractivity contribution in [1.29, 1.82) is 0 Å². The molecule has 3 nitrogen and oxygen atoms in total. The molecule has 1 N–H and O–H groups in total. The molecule has 27 heavy (non-hydrogen) atoms. The van der Waals surface area contributed by atoms with Gasteiger partial charge in [0.25, 0.3) is 0 Å². The van der Waals surface area contributed by atoms with Crippen molar-refractivity contribution in [3.8, 4) is 5.75 Å². The van der Waals surface area contributed by atoms with Gasteiger partial charge in [0.05, 0.1) is 6.21 Å².